The van der Waals surface area contributed by atoms with Crippen LogP contribution in [0.1, 0.15) is 39.5 Å². The van der Waals surface area contributed by atoms with Crippen LogP contribution in [-0.2, 0) is 9.59 Å². The van der Waals surface area contributed by atoms with Crippen LogP contribution in [0.4, 0.5) is 0 Å². The van der Waals surface area contributed by atoms with Crippen molar-refractivity contribution in [2.24, 2.45) is 0 Å². The van der Waals surface area contributed by atoms with Crippen LogP contribution in [0.3, 0.4) is 0 Å². The van der Waals surface area contributed by atoms with Gasteiger partial charge in [0, 0.05) is 11.9 Å². The fourth-order valence-electron chi connectivity index (χ4n) is 0.653. The molecule has 0 amide bonds. The number of aliphatic hydroxyl groups is 2. The van der Waals surface area contributed by atoms with E-state index in [0.717, 1.165) is 0 Å². The molecule has 0 spiro atoms. The second-order valence-electron chi connectivity index (χ2n) is 3.52. The molecular weight excluding hydrogens is 353 g/mol. The molecule has 0 aromatic rings. The van der Waals surface area contributed by atoms with E-state index >= 15 is 0 Å². The average molecular weight is 372 g/mol. The normalized spacial score (nSPS) is 12.5. The van der Waals surface area contributed by atoms with Crippen molar-refractivity contribution in [2.45, 2.75) is 51.7 Å². The zero-order valence-electron chi connectivity index (χ0n) is 10.2. The summed E-state index contributed by atoms with van der Waals surface area (Å²) < 4.78 is 0. The van der Waals surface area contributed by atoms with Gasteiger partial charge in [-0.15, -0.1) is 0 Å². The van der Waals surface area contributed by atoms with E-state index in [1.807, 2.05) is 0 Å². The van der Waals surface area contributed by atoms with Gasteiger partial charge in [-0.2, -0.15) is 0 Å². The van der Waals surface area contributed by atoms with Crippen molar-refractivity contribution >= 4 is 60.8 Å². The fraction of sp³-hybridized carbons (Fsp3) is 0.800. The zero-order chi connectivity index (χ0) is 13.1. The molecule has 0 aromatic heterocycles. The molecule has 7 heteroatoms. The van der Waals surface area contributed by atoms with Crippen LogP contribution in [0.5, 0.6) is 0 Å². The van der Waals surface area contributed by atoms with Gasteiger partial charge in [0.25, 0.3) is 0 Å². The Bertz CT molecular complexity index is 183. The summed E-state index contributed by atoms with van der Waals surface area (Å²) in [5.74, 6) is -2.21. The van der Waals surface area contributed by atoms with E-state index in [9.17, 15) is 19.8 Å². The van der Waals surface area contributed by atoms with Crippen molar-refractivity contribution in [1.82, 2.24) is 0 Å². The van der Waals surface area contributed by atoms with Gasteiger partial charge in [-0.3, -0.25) is 0 Å². The topological polar surface area (TPSA) is 121 Å². The first-order valence-corrected chi connectivity index (χ1v) is 5.01. The molecule has 0 aliphatic rings. The van der Waals surface area contributed by atoms with Crippen LogP contribution < -0.4 is 10.2 Å². The average Bonchev–Trinajstić information content (AvgIpc) is 2.12. The minimum Gasteiger partial charge on any atom is -0.550 e. The number of hydrogen-bond acceptors (Lipinski definition) is 6. The molecule has 0 radical (unpaired) electrons. The van der Waals surface area contributed by atoms with Crippen LogP contribution >= 0.6 is 0 Å². The van der Waals surface area contributed by atoms with Crippen LogP contribution in [0, 0.1) is 0 Å². The number of carboxylic acid groups (broad SMARTS) is 2. The van der Waals surface area contributed by atoms with Crippen LogP contribution in [0.25, 0.3) is 0 Å². The van der Waals surface area contributed by atoms with Crippen molar-refractivity contribution in [2.75, 3.05) is 0 Å². The van der Waals surface area contributed by atoms with Gasteiger partial charge in [0.15, 0.2) is 0 Å². The second kappa shape index (κ2) is 14.5. The minimum atomic E-state index is -1.11. The molecule has 6 nitrogen and oxygen atoms in total. The van der Waals surface area contributed by atoms with Crippen LogP contribution in [-0.4, -0.2) is 83.2 Å². The molecule has 0 aliphatic heterocycles. The molecule has 0 rings (SSSR count). The number of hydrogen-bond donors (Lipinski definition) is 2. The van der Waals surface area contributed by atoms with E-state index in [4.69, 9.17) is 10.2 Å². The van der Waals surface area contributed by atoms with Gasteiger partial charge in [-0.25, -0.2) is 0 Å². The minimum absolute atomic E-state index is 0. The second-order valence-corrected chi connectivity index (χ2v) is 3.52. The van der Waals surface area contributed by atoms with Gasteiger partial charge in [0.05, 0.1) is 12.2 Å². The molecule has 2 N–H and O–H groups in total. The molecule has 0 aromatic carbocycles. The molecule has 96 valence electrons. The molecule has 0 unspecified atom stereocenters. The third-order valence-electron chi connectivity index (χ3n) is 1.53. The summed E-state index contributed by atoms with van der Waals surface area (Å²) in [5, 5.41) is 36.4. The number of carboxylic acids is 2. The van der Waals surface area contributed by atoms with Gasteiger partial charge in [0.2, 0.25) is 0 Å². The summed E-state index contributed by atoms with van der Waals surface area (Å²) >= 11 is 0. The van der Waals surface area contributed by atoms with E-state index in [-0.39, 0.29) is 74.6 Å². The van der Waals surface area contributed by atoms with E-state index in [2.05, 4.69) is 0 Å². The van der Waals surface area contributed by atoms with E-state index < -0.39 is 24.1 Å². The first-order valence-electron chi connectivity index (χ1n) is 5.01. The molecule has 2 atom stereocenters. The van der Waals surface area contributed by atoms with E-state index in [1.54, 1.807) is 13.8 Å². The number of aliphatic hydroxyl groups excluding tert-OH is 2. The zero-order valence-corrected chi connectivity index (χ0v) is 14.7. The Morgan fingerprint density at radius 1 is 0.941 bits per heavy atom. The predicted molar refractivity (Wildman–Crippen MR) is 57.6 cm³/mol. The largest absolute Gasteiger partial charge is 2.00 e. The molecule has 0 fully saturated rings. The van der Waals surface area contributed by atoms with Crippen LogP contribution in [0.2, 0.25) is 0 Å². The Balaban J connectivity index is -0.000000218. The first kappa shape index (κ1) is 22.6. The third-order valence-corrected chi connectivity index (χ3v) is 1.53. The predicted octanol–water partition coefficient (Wildman–Crippen LogP) is -2.59. The number of carbonyl (C=O) groups excluding carboxylic acids is 2. The Hall–Kier alpha value is 0.431. The molecule has 0 bridgehead atoms. The van der Waals surface area contributed by atoms with Crippen molar-refractivity contribution < 1.29 is 30.0 Å². The number of aliphatic carboxylic acids is 2. The summed E-state index contributed by atoms with van der Waals surface area (Å²) in [6.45, 7) is 3.09. The van der Waals surface area contributed by atoms with Gasteiger partial charge >= 0.3 is 48.9 Å². The summed E-state index contributed by atoms with van der Waals surface area (Å²) in [7, 11) is 0. The summed E-state index contributed by atoms with van der Waals surface area (Å²) in [6.07, 6.45) is -0.624. The maximum Gasteiger partial charge on any atom is 2.00 e. The Morgan fingerprint density at radius 3 is 1.24 bits per heavy atom. The Labute approximate surface area is 141 Å². The van der Waals surface area contributed by atoms with Gasteiger partial charge < -0.3 is 30.0 Å². The van der Waals surface area contributed by atoms with Crippen molar-refractivity contribution in [1.29, 1.82) is 0 Å². The van der Waals surface area contributed by atoms with E-state index in [0.29, 0.717) is 0 Å². The maximum absolute atomic E-state index is 9.68. The van der Waals surface area contributed by atoms with Gasteiger partial charge in [-0.1, -0.05) is 0 Å². The summed E-state index contributed by atoms with van der Waals surface area (Å²) in [4.78, 5) is 19.4. The molecule has 0 saturated heterocycles. The molecular formula is C10H18BaO6. The summed E-state index contributed by atoms with van der Waals surface area (Å²) in [6, 6.07) is 0. The van der Waals surface area contributed by atoms with Gasteiger partial charge in [-0.05, 0) is 39.5 Å². The standard InChI is InChI=1S/2C5H10O3.Ba/c2*1-4(6)2-3-5(7)8;/h2*4,6H,2-3H2,1H3,(H,7,8);/q;;+2/p-2/t2*4-;/m00./s1. The third kappa shape index (κ3) is 31.4. The SMILES string of the molecule is C[C@H](O)CCC(=O)[O-].C[C@H](O)CCC(=O)[O-].[Ba+2]. The summed E-state index contributed by atoms with van der Waals surface area (Å²) in [5.41, 5.74) is 0. The quantitative estimate of drug-likeness (QED) is 0.495. The monoisotopic (exact) mass is 372 g/mol. The number of rotatable bonds is 6. The van der Waals surface area contributed by atoms with Crippen molar-refractivity contribution in [3.63, 3.8) is 0 Å². The van der Waals surface area contributed by atoms with Crippen LogP contribution in [0.15, 0.2) is 0 Å². The molecule has 0 heterocycles. The fourth-order valence-corrected chi connectivity index (χ4v) is 0.653. The van der Waals surface area contributed by atoms with Crippen molar-refractivity contribution in [3.05, 3.63) is 0 Å². The molecule has 0 aliphatic carbocycles. The smallest absolute Gasteiger partial charge is 0.550 e. The Kier molecular flexibility index (Phi) is 19.3. The number of carbonyl (C=O) groups is 2. The Morgan fingerprint density at radius 2 is 1.18 bits per heavy atom. The maximum atomic E-state index is 9.68. The first-order chi connectivity index (χ1) is 7.25. The molecule has 0 saturated carbocycles. The van der Waals surface area contributed by atoms with Crippen molar-refractivity contribution in [3.8, 4) is 0 Å². The molecule has 17 heavy (non-hydrogen) atoms. The van der Waals surface area contributed by atoms with Gasteiger partial charge in [0.1, 0.15) is 0 Å². The van der Waals surface area contributed by atoms with E-state index in [1.165, 1.54) is 0 Å².